The average Bonchev–Trinajstić information content (AvgIpc) is 3.19. The van der Waals surface area contributed by atoms with E-state index in [-0.39, 0.29) is 17.0 Å². The number of nitrogens with one attached hydrogen (secondary N) is 1. The molecule has 1 N–H and O–H groups in total. The molecule has 0 amide bonds. The van der Waals surface area contributed by atoms with Crippen LogP contribution in [0.25, 0.3) is 11.3 Å². The fourth-order valence-corrected chi connectivity index (χ4v) is 5.11. The van der Waals surface area contributed by atoms with Crippen LogP contribution in [-0.4, -0.2) is 44.0 Å². The fraction of sp³-hybridized carbons (Fsp3) is 0.250. The number of thiazole rings is 1. The highest BCUT2D eigenvalue weighted by Gasteiger charge is 2.26. The van der Waals surface area contributed by atoms with Crippen molar-refractivity contribution < 1.29 is 30.1 Å². The highest BCUT2D eigenvalue weighted by Crippen LogP contribution is 2.28. The lowest BCUT2D eigenvalue weighted by Gasteiger charge is -2.26. The fourth-order valence-electron chi connectivity index (χ4n) is 2.96. The third-order valence-electron chi connectivity index (χ3n) is 4.56. The van der Waals surface area contributed by atoms with Crippen molar-refractivity contribution in [2.24, 2.45) is 0 Å². The van der Waals surface area contributed by atoms with Crippen LogP contribution in [0.15, 0.2) is 58.8 Å². The molecule has 0 radical (unpaired) electrons. The first-order valence-corrected chi connectivity index (χ1v) is 11.3. The Labute approximate surface area is 185 Å². The number of rotatable bonds is 5. The van der Waals surface area contributed by atoms with Gasteiger partial charge in [-0.05, 0) is 31.2 Å². The third kappa shape index (κ3) is 5.04. The van der Waals surface area contributed by atoms with Crippen LogP contribution in [-0.2, 0) is 14.8 Å². The molecule has 9 heteroatoms. The molecular weight excluding hydrogens is 474 g/mol. The first-order chi connectivity index (χ1) is 13.5. The lowest BCUT2D eigenvalue weighted by molar-refractivity contribution is -0.00000851. The smallest absolute Gasteiger partial charge is 0.243 e. The van der Waals surface area contributed by atoms with Gasteiger partial charge in [0.1, 0.15) is 0 Å². The van der Waals surface area contributed by atoms with Gasteiger partial charge in [0.25, 0.3) is 0 Å². The lowest BCUT2D eigenvalue weighted by Crippen LogP contribution is -3.00. The van der Waals surface area contributed by atoms with Crippen LogP contribution in [0.1, 0.15) is 5.56 Å². The molecule has 1 aliphatic rings. The zero-order valence-corrected chi connectivity index (χ0v) is 19.1. The number of morpholine rings is 1. The van der Waals surface area contributed by atoms with Crippen LogP contribution in [0.3, 0.4) is 0 Å². The molecule has 6 nitrogen and oxygen atoms in total. The predicted molar refractivity (Wildman–Crippen MR) is 112 cm³/mol. The van der Waals surface area contributed by atoms with E-state index in [1.54, 1.807) is 24.3 Å². The van der Waals surface area contributed by atoms with Gasteiger partial charge in [-0.2, -0.15) is 4.31 Å². The van der Waals surface area contributed by atoms with Crippen molar-refractivity contribution >= 4 is 32.2 Å². The van der Waals surface area contributed by atoms with Crippen LogP contribution < -0.4 is 22.3 Å². The van der Waals surface area contributed by atoms with Crippen LogP contribution in [0.5, 0.6) is 0 Å². The number of halogens is 1. The number of aromatic nitrogens is 1. The van der Waals surface area contributed by atoms with E-state index in [0.29, 0.717) is 31.2 Å². The third-order valence-corrected chi connectivity index (χ3v) is 7.24. The van der Waals surface area contributed by atoms with Crippen LogP contribution in [0.2, 0.25) is 0 Å². The normalized spacial score (nSPS) is 14.9. The van der Waals surface area contributed by atoms with Gasteiger partial charge in [-0.1, -0.05) is 29.8 Å². The van der Waals surface area contributed by atoms with E-state index >= 15 is 0 Å². The van der Waals surface area contributed by atoms with E-state index in [1.165, 1.54) is 21.2 Å². The molecule has 29 heavy (non-hydrogen) atoms. The number of hydrogen-bond acceptors (Lipinski definition) is 6. The Morgan fingerprint density at radius 1 is 1.03 bits per heavy atom. The van der Waals surface area contributed by atoms with Crippen molar-refractivity contribution in [3.8, 4) is 11.3 Å². The van der Waals surface area contributed by atoms with E-state index in [0.717, 1.165) is 22.1 Å². The summed E-state index contributed by atoms with van der Waals surface area (Å²) in [5, 5.41) is 6.05. The number of nitrogens with zero attached hydrogens (tertiary/aromatic N) is 2. The summed E-state index contributed by atoms with van der Waals surface area (Å²) >= 11 is 1.51. The first-order valence-electron chi connectivity index (χ1n) is 9.00. The van der Waals surface area contributed by atoms with E-state index in [9.17, 15) is 8.42 Å². The molecule has 3 aromatic rings. The Morgan fingerprint density at radius 2 is 1.69 bits per heavy atom. The Hall–Kier alpha value is -1.78. The number of ether oxygens (including phenoxy) is 1. The first kappa shape index (κ1) is 21.9. The number of sulfonamides is 1. The summed E-state index contributed by atoms with van der Waals surface area (Å²) in [7, 11) is -3.48. The van der Waals surface area contributed by atoms with Gasteiger partial charge >= 0.3 is 0 Å². The highest BCUT2D eigenvalue weighted by molar-refractivity contribution is 7.89. The van der Waals surface area contributed by atoms with E-state index in [2.05, 4.69) is 10.3 Å². The van der Waals surface area contributed by atoms with Gasteiger partial charge in [0, 0.05) is 29.7 Å². The van der Waals surface area contributed by atoms with Gasteiger partial charge in [0.15, 0.2) is 5.13 Å². The van der Waals surface area contributed by atoms with Gasteiger partial charge < -0.3 is 27.0 Å². The van der Waals surface area contributed by atoms with Gasteiger partial charge in [0.2, 0.25) is 10.0 Å². The minimum absolute atomic E-state index is 0. The second kappa shape index (κ2) is 9.36. The van der Waals surface area contributed by atoms with Gasteiger partial charge in [-0.25, -0.2) is 13.4 Å². The molecule has 0 unspecified atom stereocenters. The topological polar surface area (TPSA) is 71.5 Å². The Bertz CT molecular complexity index is 1050. The molecule has 154 valence electrons. The molecule has 1 saturated heterocycles. The molecule has 4 rings (SSSR count). The molecule has 1 aliphatic heterocycles. The summed E-state index contributed by atoms with van der Waals surface area (Å²) in [6, 6.07) is 15.0. The molecule has 2 aromatic carbocycles. The quantitative estimate of drug-likeness (QED) is 0.570. The van der Waals surface area contributed by atoms with E-state index in [4.69, 9.17) is 4.74 Å². The maximum Gasteiger partial charge on any atom is 0.243 e. The molecule has 1 aromatic heterocycles. The molecule has 0 atom stereocenters. The Balaban J connectivity index is 0.00000240. The highest BCUT2D eigenvalue weighted by atomic mass is 79.9. The Morgan fingerprint density at radius 3 is 2.34 bits per heavy atom. The molecule has 0 bridgehead atoms. The molecule has 0 saturated carbocycles. The van der Waals surface area contributed by atoms with Crippen LogP contribution >= 0.6 is 11.3 Å². The molecular formula is C20H21BrN3O3S2-. The van der Waals surface area contributed by atoms with Crippen molar-refractivity contribution in [1.82, 2.24) is 9.29 Å². The zero-order valence-electron chi connectivity index (χ0n) is 15.8. The van der Waals surface area contributed by atoms with Crippen molar-refractivity contribution in [3.63, 3.8) is 0 Å². The summed E-state index contributed by atoms with van der Waals surface area (Å²) in [4.78, 5) is 4.91. The summed E-state index contributed by atoms with van der Waals surface area (Å²) in [5.74, 6) is 0. The molecule has 0 aliphatic carbocycles. The maximum absolute atomic E-state index is 12.7. The molecule has 1 fully saturated rings. The van der Waals surface area contributed by atoms with Gasteiger partial charge in [-0.3, -0.25) is 0 Å². The number of anilines is 2. The minimum atomic E-state index is -3.48. The van der Waals surface area contributed by atoms with Crippen LogP contribution in [0.4, 0.5) is 10.8 Å². The lowest BCUT2D eigenvalue weighted by atomic mass is 10.2. The number of benzene rings is 2. The summed E-state index contributed by atoms with van der Waals surface area (Å²) in [6.07, 6.45) is 0. The standard InChI is InChI=1S/C20H21N3O3S2.BrH/c1-15-2-6-17(7-3-15)21-20-22-19(14-27-20)16-4-8-18(9-5-16)28(24,25)23-10-12-26-13-11-23;/h2-9,14H,10-13H2,1H3,(H,21,22);1H/p-1. The maximum atomic E-state index is 12.7. The SMILES string of the molecule is Cc1ccc(Nc2nc(-c3ccc(S(=O)(=O)N4CCOCC4)cc3)cs2)cc1.[Br-]. The predicted octanol–water partition coefficient (Wildman–Crippen LogP) is 0.887. The second-order valence-corrected chi connectivity index (χ2v) is 9.37. The second-order valence-electron chi connectivity index (χ2n) is 6.57. The number of aryl methyl sites for hydroxylation is 1. The molecule has 0 spiro atoms. The van der Waals surface area contributed by atoms with Gasteiger partial charge in [0.05, 0.1) is 23.8 Å². The van der Waals surface area contributed by atoms with Crippen molar-refractivity contribution in [2.75, 3.05) is 31.6 Å². The summed E-state index contributed by atoms with van der Waals surface area (Å²) < 4.78 is 32.1. The van der Waals surface area contributed by atoms with E-state index in [1.807, 2.05) is 36.6 Å². The number of hydrogen-bond donors (Lipinski definition) is 1. The van der Waals surface area contributed by atoms with Crippen LogP contribution in [0, 0.1) is 6.92 Å². The average molecular weight is 495 g/mol. The summed E-state index contributed by atoms with van der Waals surface area (Å²) in [6.45, 7) is 3.71. The van der Waals surface area contributed by atoms with Crippen molar-refractivity contribution in [1.29, 1.82) is 0 Å². The Kier molecular flexibility index (Phi) is 7.07. The largest absolute Gasteiger partial charge is 1.00 e. The van der Waals surface area contributed by atoms with Crippen molar-refractivity contribution in [2.45, 2.75) is 11.8 Å². The van der Waals surface area contributed by atoms with E-state index < -0.39 is 10.0 Å². The van der Waals surface area contributed by atoms with Gasteiger partial charge in [-0.15, -0.1) is 11.3 Å². The monoisotopic (exact) mass is 494 g/mol. The molecule has 2 heterocycles. The van der Waals surface area contributed by atoms with Crippen molar-refractivity contribution in [3.05, 3.63) is 59.5 Å². The summed E-state index contributed by atoms with van der Waals surface area (Å²) in [5.41, 5.74) is 3.89. The minimum Gasteiger partial charge on any atom is -1.00 e. The zero-order chi connectivity index (χ0) is 19.6.